The lowest BCUT2D eigenvalue weighted by atomic mass is 10.2. The maximum absolute atomic E-state index is 5.78. The van der Waals surface area contributed by atoms with Crippen LogP contribution in [0.15, 0.2) is 15.9 Å². The van der Waals surface area contributed by atoms with Crippen LogP contribution in [0.25, 0.3) is 0 Å². The molecular formula is C11H18BrNOS. The van der Waals surface area contributed by atoms with Crippen LogP contribution in [0.2, 0.25) is 0 Å². The fourth-order valence-electron chi connectivity index (χ4n) is 1.18. The van der Waals surface area contributed by atoms with Crippen LogP contribution in [0.5, 0.6) is 0 Å². The monoisotopic (exact) mass is 291 g/mol. The number of hydrogen-bond donors (Lipinski definition) is 1. The molecule has 0 aliphatic heterocycles. The van der Waals surface area contributed by atoms with Crippen molar-refractivity contribution in [2.45, 2.75) is 32.4 Å². The lowest BCUT2D eigenvalue weighted by Crippen LogP contribution is -2.28. The molecule has 0 radical (unpaired) electrons. The predicted octanol–water partition coefficient (Wildman–Crippen LogP) is 3.59. The lowest BCUT2D eigenvalue weighted by Gasteiger charge is -2.24. The Kier molecular flexibility index (Phi) is 4.77. The SMILES string of the molecule is CNC(COC(C)(C)C)c1sccc1Br. The number of ether oxygens (including phenoxy) is 1. The zero-order valence-electron chi connectivity index (χ0n) is 9.63. The standard InChI is InChI=1S/C11H18BrNOS/c1-11(2,3)14-7-9(13-4)10-8(12)5-6-15-10/h5-6,9,13H,7H2,1-4H3. The summed E-state index contributed by atoms with van der Waals surface area (Å²) in [5.74, 6) is 0. The normalized spacial score (nSPS) is 14.2. The first-order chi connectivity index (χ1) is 6.94. The molecule has 2 nitrogen and oxygen atoms in total. The van der Waals surface area contributed by atoms with Crippen molar-refractivity contribution >= 4 is 27.3 Å². The molecule has 1 atom stereocenters. The van der Waals surface area contributed by atoms with Gasteiger partial charge in [0.2, 0.25) is 0 Å². The number of likely N-dealkylation sites (N-methyl/N-ethyl adjacent to an activating group) is 1. The van der Waals surface area contributed by atoms with E-state index in [0.29, 0.717) is 6.61 Å². The highest BCUT2D eigenvalue weighted by Gasteiger charge is 2.18. The number of nitrogens with one attached hydrogen (secondary N) is 1. The first-order valence-electron chi connectivity index (χ1n) is 4.98. The summed E-state index contributed by atoms with van der Waals surface area (Å²) in [6, 6.07) is 2.33. The van der Waals surface area contributed by atoms with Crippen LogP contribution in [0.4, 0.5) is 0 Å². The summed E-state index contributed by atoms with van der Waals surface area (Å²) >= 11 is 5.29. The molecule has 0 spiro atoms. The van der Waals surface area contributed by atoms with Crippen LogP contribution in [-0.2, 0) is 4.74 Å². The van der Waals surface area contributed by atoms with Gasteiger partial charge < -0.3 is 10.1 Å². The van der Waals surface area contributed by atoms with E-state index in [4.69, 9.17) is 4.74 Å². The summed E-state index contributed by atoms with van der Waals surface area (Å²) in [7, 11) is 1.96. The molecule has 15 heavy (non-hydrogen) atoms. The van der Waals surface area contributed by atoms with E-state index >= 15 is 0 Å². The van der Waals surface area contributed by atoms with E-state index in [-0.39, 0.29) is 11.6 Å². The van der Waals surface area contributed by atoms with Gasteiger partial charge in [-0.1, -0.05) is 0 Å². The maximum atomic E-state index is 5.78. The molecule has 1 aromatic rings. The van der Waals surface area contributed by atoms with E-state index in [9.17, 15) is 0 Å². The molecule has 86 valence electrons. The largest absolute Gasteiger partial charge is 0.374 e. The van der Waals surface area contributed by atoms with Crippen LogP contribution in [-0.4, -0.2) is 19.3 Å². The molecule has 1 N–H and O–H groups in total. The van der Waals surface area contributed by atoms with Gasteiger partial charge in [-0.15, -0.1) is 11.3 Å². The topological polar surface area (TPSA) is 21.3 Å². The number of hydrogen-bond acceptors (Lipinski definition) is 3. The first kappa shape index (κ1) is 13.2. The Morgan fingerprint density at radius 2 is 2.20 bits per heavy atom. The molecule has 0 aliphatic rings. The third-order valence-electron chi connectivity index (χ3n) is 1.99. The van der Waals surface area contributed by atoms with Gasteiger partial charge in [0.05, 0.1) is 18.2 Å². The number of rotatable bonds is 4. The summed E-state index contributed by atoms with van der Waals surface area (Å²) in [5, 5.41) is 5.36. The molecule has 1 heterocycles. The average Bonchev–Trinajstić information content (AvgIpc) is 2.52. The Balaban J connectivity index is 2.61. The van der Waals surface area contributed by atoms with Gasteiger partial charge in [-0.25, -0.2) is 0 Å². The van der Waals surface area contributed by atoms with Gasteiger partial charge in [0.25, 0.3) is 0 Å². The lowest BCUT2D eigenvalue weighted by molar-refractivity contribution is -0.0135. The van der Waals surface area contributed by atoms with E-state index in [2.05, 4.69) is 53.5 Å². The highest BCUT2D eigenvalue weighted by molar-refractivity contribution is 9.10. The number of halogens is 1. The second-order valence-electron chi connectivity index (χ2n) is 4.40. The molecule has 1 unspecified atom stereocenters. The third-order valence-corrected chi connectivity index (χ3v) is 3.98. The minimum absolute atomic E-state index is 0.0845. The third kappa shape index (κ3) is 4.23. The molecule has 0 aliphatic carbocycles. The second kappa shape index (κ2) is 5.43. The minimum atomic E-state index is -0.0845. The highest BCUT2D eigenvalue weighted by atomic mass is 79.9. The van der Waals surface area contributed by atoms with Gasteiger partial charge in [0, 0.05) is 9.35 Å². The smallest absolute Gasteiger partial charge is 0.0676 e. The predicted molar refractivity (Wildman–Crippen MR) is 69.5 cm³/mol. The highest BCUT2D eigenvalue weighted by Crippen LogP contribution is 2.29. The van der Waals surface area contributed by atoms with Gasteiger partial charge in [-0.2, -0.15) is 0 Å². The van der Waals surface area contributed by atoms with Crippen molar-refractivity contribution in [3.05, 3.63) is 20.8 Å². The molecule has 1 rings (SSSR count). The summed E-state index contributed by atoms with van der Waals surface area (Å²) in [6.45, 7) is 6.91. The van der Waals surface area contributed by atoms with Crippen molar-refractivity contribution in [2.24, 2.45) is 0 Å². The van der Waals surface area contributed by atoms with E-state index in [0.717, 1.165) is 4.47 Å². The van der Waals surface area contributed by atoms with Gasteiger partial charge in [-0.3, -0.25) is 0 Å². The average molecular weight is 292 g/mol. The summed E-state index contributed by atoms with van der Waals surface area (Å²) in [4.78, 5) is 1.29. The minimum Gasteiger partial charge on any atom is -0.374 e. The van der Waals surface area contributed by atoms with Crippen LogP contribution < -0.4 is 5.32 Å². The van der Waals surface area contributed by atoms with Crippen LogP contribution in [0.3, 0.4) is 0 Å². The molecule has 0 fully saturated rings. The molecule has 1 aromatic heterocycles. The van der Waals surface area contributed by atoms with Crippen molar-refractivity contribution in [1.82, 2.24) is 5.32 Å². The Morgan fingerprint density at radius 1 is 1.53 bits per heavy atom. The molecule has 0 saturated carbocycles. The molecule has 4 heteroatoms. The van der Waals surface area contributed by atoms with Crippen molar-refractivity contribution in [3.8, 4) is 0 Å². The Bertz CT molecular complexity index is 306. The molecular weight excluding hydrogens is 274 g/mol. The summed E-state index contributed by atoms with van der Waals surface area (Å²) in [6.07, 6.45) is 0. The second-order valence-corrected chi connectivity index (χ2v) is 6.20. The van der Waals surface area contributed by atoms with Crippen molar-refractivity contribution in [3.63, 3.8) is 0 Å². The van der Waals surface area contributed by atoms with Crippen LogP contribution in [0, 0.1) is 0 Å². The zero-order chi connectivity index (χ0) is 11.5. The van der Waals surface area contributed by atoms with Crippen LogP contribution in [0.1, 0.15) is 31.7 Å². The fourth-order valence-corrected chi connectivity index (χ4v) is 2.92. The van der Waals surface area contributed by atoms with Gasteiger partial charge in [0.15, 0.2) is 0 Å². The van der Waals surface area contributed by atoms with Crippen molar-refractivity contribution in [2.75, 3.05) is 13.7 Å². The fraction of sp³-hybridized carbons (Fsp3) is 0.636. The molecule has 0 bridgehead atoms. The van der Waals surface area contributed by atoms with E-state index in [1.807, 2.05) is 7.05 Å². The summed E-state index contributed by atoms with van der Waals surface area (Å²) < 4.78 is 6.94. The molecule has 0 amide bonds. The maximum Gasteiger partial charge on any atom is 0.0676 e. The molecule has 0 aromatic carbocycles. The molecule has 0 saturated heterocycles. The van der Waals surface area contributed by atoms with Crippen molar-refractivity contribution in [1.29, 1.82) is 0 Å². The van der Waals surface area contributed by atoms with Crippen molar-refractivity contribution < 1.29 is 4.74 Å². The Labute approximate surface area is 104 Å². The summed E-state index contributed by atoms with van der Waals surface area (Å²) in [5.41, 5.74) is -0.0845. The Hall–Kier alpha value is 0.100. The van der Waals surface area contributed by atoms with Gasteiger partial charge >= 0.3 is 0 Å². The van der Waals surface area contributed by atoms with E-state index in [1.54, 1.807) is 11.3 Å². The first-order valence-corrected chi connectivity index (χ1v) is 6.65. The van der Waals surface area contributed by atoms with Gasteiger partial charge in [0.1, 0.15) is 0 Å². The van der Waals surface area contributed by atoms with Crippen LogP contribution >= 0.6 is 27.3 Å². The Morgan fingerprint density at radius 3 is 2.60 bits per heavy atom. The number of thiophene rings is 1. The van der Waals surface area contributed by atoms with E-state index < -0.39 is 0 Å². The van der Waals surface area contributed by atoms with E-state index in [1.165, 1.54) is 4.88 Å². The zero-order valence-corrected chi connectivity index (χ0v) is 12.0. The quantitative estimate of drug-likeness (QED) is 0.915. The van der Waals surface area contributed by atoms with Gasteiger partial charge in [-0.05, 0) is 55.2 Å².